The van der Waals surface area contributed by atoms with Crippen LogP contribution in [-0.4, -0.2) is 18.7 Å². The molecule has 3 heteroatoms. The van der Waals surface area contributed by atoms with Crippen molar-refractivity contribution < 1.29 is 9.47 Å². The van der Waals surface area contributed by atoms with Gasteiger partial charge in [-0.2, -0.15) is 0 Å². The molecule has 0 radical (unpaired) electrons. The third-order valence-electron chi connectivity index (χ3n) is 3.24. The molecule has 1 aromatic rings. The number of nitrogens with zero attached hydrogens (tertiary/aromatic N) is 1. The lowest BCUT2D eigenvalue weighted by Crippen LogP contribution is -2.13. The molecule has 3 nitrogen and oxygen atoms in total. The first-order chi connectivity index (χ1) is 7.40. The fraction of sp³-hybridized carbons (Fsp3) is 0.583. The number of methoxy groups -OCH3 is 1. The maximum atomic E-state index is 5.79. The molecule has 0 unspecified atom stereocenters. The molecule has 0 fully saturated rings. The van der Waals surface area contributed by atoms with E-state index in [0.29, 0.717) is 0 Å². The lowest BCUT2D eigenvalue weighted by molar-refractivity contribution is 0.277. The Bertz CT molecular complexity index is 401. The van der Waals surface area contributed by atoms with Gasteiger partial charge in [-0.3, -0.25) is 0 Å². The zero-order valence-electron chi connectivity index (χ0n) is 9.01. The molecular weight excluding hydrogens is 190 g/mol. The molecule has 3 rings (SSSR count). The Labute approximate surface area is 89.4 Å². The van der Waals surface area contributed by atoms with Crippen LogP contribution in [0.3, 0.4) is 0 Å². The van der Waals surface area contributed by atoms with E-state index >= 15 is 0 Å². The number of fused-ring (bicyclic) bond motifs is 3. The molecule has 0 amide bonds. The van der Waals surface area contributed by atoms with Gasteiger partial charge in [0.05, 0.1) is 25.0 Å². The van der Waals surface area contributed by atoms with Crippen molar-refractivity contribution in [2.75, 3.05) is 13.7 Å². The second-order valence-electron chi connectivity index (χ2n) is 4.16. The minimum Gasteiger partial charge on any atom is -0.493 e. The molecule has 15 heavy (non-hydrogen) atoms. The Morgan fingerprint density at radius 2 is 2.00 bits per heavy atom. The molecule has 1 aliphatic carbocycles. The molecule has 2 aliphatic rings. The zero-order valence-corrected chi connectivity index (χ0v) is 9.01. The molecule has 0 spiro atoms. The predicted octanol–water partition coefficient (Wildman–Crippen LogP) is 1.90. The second kappa shape index (κ2) is 3.40. The number of hydrogen-bond acceptors (Lipinski definition) is 3. The van der Waals surface area contributed by atoms with E-state index < -0.39 is 0 Å². The standard InChI is InChI=1S/C12H15NO2/c1-14-12-9-5-3-7-15-11(9)8-4-2-6-10(8)13-12/h2-7H2,1H3. The molecule has 1 aromatic heterocycles. The average Bonchev–Trinajstić information content (AvgIpc) is 2.76. The summed E-state index contributed by atoms with van der Waals surface area (Å²) in [6, 6.07) is 0. The highest BCUT2D eigenvalue weighted by atomic mass is 16.5. The molecule has 0 aromatic carbocycles. The molecule has 0 N–H and O–H groups in total. The van der Waals surface area contributed by atoms with Gasteiger partial charge in [0.15, 0.2) is 0 Å². The molecule has 0 saturated heterocycles. The first-order valence-corrected chi connectivity index (χ1v) is 5.61. The Hall–Kier alpha value is -1.25. The highest BCUT2D eigenvalue weighted by Gasteiger charge is 2.26. The van der Waals surface area contributed by atoms with E-state index in [0.717, 1.165) is 43.9 Å². The van der Waals surface area contributed by atoms with Crippen LogP contribution in [0.4, 0.5) is 0 Å². The third kappa shape index (κ3) is 1.29. The van der Waals surface area contributed by atoms with Crippen molar-refractivity contribution >= 4 is 0 Å². The summed E-state index contributed by atoms with van der Waals surface area (Å²) in [4.78, 5) is 4.58. The summed E-state index contributed by atoms with van der Waals surface area (Å²) in [6.07, 6.45) is 5.50. The number of aryl methyl sites for hydroxylation is 1. The van der Waals surface area contributed by atoms with E-state index in [-0.39, 0.29) is 0 Å². The normalized spacial score (nSPS) is 17.9. The Kier molecular flexibility index (Phi) is 2.04. The van der Waals surface area contributed by atoms with Crippen LogP contribution in [-0.2, 0) is 19.3 Å². The first-order valence-electron chi connectivity index (χ1n) is 5.61. The highest BCUT2D eigenvalue weighted by molar-refractivity contribution is 5.51. The maximum absolute atomic E-state index is 5.79. The van der Waals surface area contributed by atoms with E-state index in [1.165, 1.54) is 23.2 Å². The van der Waals surface area contributed by atoms with Crippen molar-refractivity contribution in [1.82, 2.24) is 4.98 Å². The summed E-state index contributed by atoms with van der Waals surface area (Å²) in [7, 11) is 1.69. The Morgan fingerprint density at radius 3 is 2.87 bits per heavy atom. The summed E-state index contributed by atoms with van der Waals surface area (Å²) < 4.78 is 11.1. The van der Waals surface area contributed by atoms with E-state index in [4.69, 9.17) is 9.47 Å². The number of rotatable bonds is 1. The van der Waals surface area contributed by atoms with Crippen LogP contribution in [0.5, 0.6) is 11.6 Å². The van der Waals surface area contributed by atoms with Gasteiger partial charge in [-0.05, 0) is 32.1 Å². The number of aromatic nitrogens is 1. The van der Waals surface area contributed by atoms with Gasteiger partial charge in [-0.15, -0.1) is 0 Å². The second-order valence-corrected chi connectivity index (χ2v) is 4.16. The van der Waals surface area contributed by atoms with E-state index in [1.807, 2.05) is 0 Å². The molecule has 0 bridgehead atoms. The van der Waals surface area contributed by atoms with Crippen molar-refractivity contribution in [2.45, 2.75) is 32.1 Å². The largest absolute Gasteiger partial charge is 0.493 e. The van der Waals surface area contributed by atoms with Crippen LogP contribution in [0, 0.1) is 0 Å². The van der Waals surface area contributed by atoms with Crippen LogP contribution in [0.1, 0.15) is 29.7 Å². The minimum absolute atomic E-state index is 0.783. The van der Waals surface area contributed by atoms with Crippen molar-refractivity contribution in [3.63, 3.8) is 0 Å². The average molecular weight is 205 g/mol. The van der Waals surface area contributed by atoms with Crippen LogP contribution in [0.25, 0.3) is 0 Å². The van der Waals surface area contributed by atoms with Gasteiger partial charge < -0.3 is 9.47 Å². The summed E-state index contributed by atoms with van der Waals surface area (Å²) in [5.74, 6) is 1.87. The van der Waals surface area contributed by atoms with Crippen molar-refractivity contribution in [3.05, 3.63) is 16.8 Å². The van der Waals surface area contributed by atoms with Crippen LogP contribution in [0.2, 0.25) is 0 Å². The monoisotopic (exact) mass is 205 g/mol. The number of pyridine rings is 1. The SMILES string of the molecule is COc1nc2c(c3c1CCCO3)CCC2. The summed E-state index contributed by atoms with van der Waals surface area (Å²) in [6.45, 7) is 0.840. The lowest BCUT2D eigenvalue weighted by Gasteiger charge is -2.21. The zero-order chi connectivity index (χ0) is 10.3. The Morgan fingerprint density at radius 1 is 1.13 bits per heavy atom. The van der Waals surface area contributed by atoms with Gasteiger partial charge >= 0.3 is 0 Å². The number of ether oxygens (including phenoxy) is 2. The fourth-order valence-electron chi connectivity index (χ4n) is 2.55. The highest BCUT2D eigenvalue weighted by Crippen LogP contribution is 2.39. The molecule has 80 valence electrons. The molecule has 0 atom stereocenters. The molecular formula is C12H15NO2. The van der Waals surface area contributed by atoms with Crippen LogP contribution < -0.4 is 9.47 Å². The Balaban J connectivity index is 2.20. The first kappa shape index (κ1) is 9.01. The predicted molar refractivity (Wildman–Crippen MR) is 56.6 cm³/mol. The third-order valence-corrected chi connectivity index (χ3v) is 3.24. The van der Waals surface area contributed by atoms with Gasteiger partial charge in [0, 0.05) is 5.56 Å². The van der Waals surface area contributed by atoms with Gasteiger partial charge in [-0.25, -0.2) is 4.98 Å². The van der Waals surface area contributed by atoms with Gasteiger partial charge in [0.25, 0.3) is 0 Å². The van der Waals surface area contributed by atoms with E-state index in [9.17, 15) is 0 Å². The number of hydrogen-bond donors (Lipinski definition) is 0. The summed E-state index contributed by atoms with van der Waals surface area (Å²) in [5, 5.41) is 0. The minimum atomic E-state index is 0.783. The van der Waals surface area contributed by atoms with E-state index in [1.54, 1.807) is 7.11 Å². The molecule has 2 heterocycles. The van der Waals surface area contributed by atoms with Crippen molar-refractivity contribution in [1.29, 1.82) is 0 Å². The van der Waals surface area contributed by atoms with Gasteiger partial charge in [0.2, 0.25) is 5.88 Å². The molecule has 0 saturated carbocycles. The maximum Gasteiger partial charge on any atom is 0.220 e. The fourth-order valence-corrected chi connectivity index (χ4v) is 2.55. The smallest absolute Gasteiger partial charge is 0.220 e. The van der Waals surface area contributed by atoms with Crippen molar-refractivity contribution in [2.24, 2.45) is 0 Å². The lowest BCUT2D eigenvalue weighted by atomic mass is 10.0. The molecule has 1 aliphatic heterocycles. The van der Waals surface area contributed by atoms with Crippen LogP contribution in [0.15, 0.2) is 0 Å². The van der Waals surface area contributed by atoms with Crippen LogP contribution >= 0.6 is 0 Å². The van der Waals surface area contributed by atoms with Gasteiger partial charge in [-0.1, -0.05) is 0 Å². The quantitative estimate of drug-likeness (QED) is 0.701. The summed E-state index contributed by atoms with van der Waals surface area (Å²) >= 11 is 0. The van der Waals surface area contributed by atoms with Gasteiger partial charge in [0.1, 0.15) is 5.75 Å². The summed E-state index contributed by atoms with van der Waals surface area (Å²) in [5.41, 5.74) is 3.71. The van der Waals surface area contributed by atoms with E-state index in [2.05, 4.69) is 4.98 Å². The topological polar surface area (TPSA) is 31.4 Å². The van der Waals surface area contributed by atoms with Crippen molar-refractivity contribution in [3.8, 4) is 11.6 Å².